The average molecular weight is 400 g/mol. The van der Waals surface area contributed by atoms with E-state index >= 15 is 0 Å². The Morgan fingerprint density at radius 1 is 1.00 bits per heavy atom. The van der Waals surface area contributed by atoms with E-state index in [0.717, 1.165) is 28.9 Å². The van der Waals surface area contributed by atoms with Crippen LogP contribution in [0.4, 0.5) is 5.69 Å². The normalized spacial score (nSPS) is 12.3. The molecule has 1 amide bonds. The molecule has 148 valence electrons. The van der Waals surface area contributed by atoms with Gasteiger partial charge in [-0.1, -0.05) is 11.2 Å². The molecule has 4 aromatic rings. The summed E-state index contributed by atoms with van der Waals surface area (Å²) in [7, 11) is 0. The molecule has 0 aliphatic carbocycles. The molecular formula is C22H16N4O4. The van der Waals surface area contributed by atoms with Crippen molar-refractivity contribution >= 4 is 11.6 Å². The van der Waals surface area contributed by atoms with Gasteiger partial charge in [-0.15, -0.1) is 0 Å². The monoisotopic (exact) mass is 400 g/mol. The van der Waals surface area contributed by atoms with Gasteiger partial charge < -0.3 is 10.1 Å². The molecule has 8 nitrogen and oxygen atoms in total. The summed E-state index contributed by atoms with van der Waals surface area (Å²) >= 11 is 0. The number of rotatable bonds is 4. The van der Waals surface area contributed by atoms with Gasteiger partial charge in [0.2, 0.25) is 0 Å². The molecule has 0 saturated heterocycles. The molecular weight excluding hydrogens is 384 g/mol. The minimum Gasteiger partial charge on any atom is -0.493 e. The molecule has 3 heterocycles. The van der Waals surface area contributed by atoms with Crippen LogP contribution in [0, 0.1) is 0 Å². The highest BCUT2D eigenvalue weighted by atomic mass is 16.5. The third-order valence-electron chi connectivity index (χ3n) is 4.88. The van der Waals surface area contributed by atoms with Crippen LogP contribution in [-0.2, 0) is 6.42 Å². The van der Waals surface area contributed by atoms with Crippen LogP contribution >= 0.6 is 0 Å². The van der Waals surface area contributed by atoms with E-state index in [0.29, 0.717) is 29.2 Å². The zero-order valence-corrected chi connectivity index (χ0v) is 15.7. The van der Waals surface area contributed by atoms with Crippen molar-refractivity contribution in [2.75, 3.05) is 11.9 Å². The second kappa shape index (κ2) is 7.32. The van der Waals surface area contributed by atoms with Crippen molar-refractivity contribution in [2.45, 2.75) is 6.42 Å². The molecule has 30 heavy (non-hydrogen) atoms. The summed E-state index contributed by atoms with van der Waals surface area (Å²) in [4.78, 5) is 30.5. The van der Waals surface area contributed by atoms with E-state index in [2.05, 4.69) is 31.0 Å². The first-order chi connectivity index (χ1) is 14.7. The van der Waals surface area contributed by atoms with E-state index in [1.165, 1.54) is 6.20 Å². The summed E-state index contributed by atoms with van der Waals surface area (Å²) < 4.78 is 10.0. The van der Waals surface area contributed by atoms with Crippen molar-refractivity contribution < 1.29 is 14.1 Å². The fourth-order valence-corrected chi connectivity index (χ4v) is 3.36. The number of carbonyl (C=O) groups is 1. The lowest BCUT2D eigenvalue weighted by Crippen LogP contribution is -2.12. The number of fused-ring (bicyclic) bond motifs is 1. The van der Waals surface area contributed by atoms with Gasteiger partial charge in [0.05, 0.1) is 12.2 Å². The lowest BCUT2D eigenvalue weighted by Gasteiger charge is -2.08. The van der Waals surface area contributed by atoms with Crippen molar-refractivity contribution in [3.8, 4) is 28.3 Å². The van der Waals surface area contributed by atoms with Gasteiger partial charge in [-0.25, -0.2) is 4.79 Å². The Labute approximate surface area is 170 Å². The highest BCUT2D eigenvalue weighted by molar-refractivity contribution is 6.04. The summed E-state index contributed by atoms with van der Waals surface area (Å²) in [6.45, 7) is 0.699. The number of nitrogens with one attached hydrogen (secondary N) is 2. The quantitative estimate of drug-likeness (QED) is 0.544. The maximum Gasteiger partial charge on any atom is 0.439 e. The van der Waals surface area contributed by atoms with Crippen molar-refractivity contribution in [3.63, 3.8) is 0 Å². The molecule has 2 N–H and O–H groups in total. The van der Waals surface area contributed by atoms with E-state index in [1.807, 2.05) is 18.2 Å². The number of nitrogens with zero attached hydrogens (tertiary/aromatic N) is 2. The van der Waals surface area contributed by atoms with Crippen LogP contribution in [0.3, 0.4) is 0 Å². The Morgan fingerprint density at radius 2 is 1.83 bits per heavy atom. The molecule has 0 unspecified atom stereocenters. The highest BCUT2D eigenvalue weighted by Crippen LogP contribution is 2.30. The molecule has 8 heteroatoms. The number of ether oxygens (including phenoxy) is 1. The third kappa shape index (κ3) is 3.46. The first-order valence-corrected chi connectivity index (χ1v) is 9.35. The number of aromatic amines is 1. The molecule has 1 aliphatic rings. The predicted octanol–water partition coefficient (Wildman–Crippen LogP) is 3.28. The lowest BCUT2D eigenvalue weighted by molar-refractivity contribution is 0.102. The Bertz CT molecular complexity index is 1290. The zero-order chi connectivity index (χ0) is 20.5. The lowest BCUT2D eigenvalue weighted by atomic mass is 10.0. The molecule has 0 fully saturated rings. The van der Waals surface area contributed by atoms with Crippen LogP contribution in [0.5, 0.6) is 5.75 Å². The molecule has 2 aromatic heterocycles. The maximum atomic E-state index is 12.7. The molecule has 0 atom stereocenters. The van der Waals surface area contributed by atoms with E-state index in [1.54, 1.807) is 30.5 Å². The van der Waals surface area contributed by atoms with E-state index in [9.17, 15) is 9.59 Å². The third-order valence-corrected chi connectivity index (χ3v) is 4.88. The molecule has 2 aromatic carbocycles. The van der Waals surface area contributed by atoms with E-state index in [4.69, 9.17) is 4.74 Å². The number of hydrogen-bond acceptors (Lipinski definition) is 6. The maximum absolute atomic E-state index is 12.7. The standard InChI is InChI=1S/C22H16N4O4/c27-21(24-18-4-1-13(2-5-18)20-25-22(28)30-26-20)17-10-16(11-23-12-17)14-3-6-19-15(9-14)7-8-29-19/h1-6,9-12H,7-8H2,(H,24,27)(H,25,26,28). The SMILES string of the molecule is O=C(Nc1ccc(-c2noc(=O)[nH]2)cc1)c1cncc(-c2ccc3c(c2)CCO3)c1. The zero-order valence-electron chi connectivity index (χ0n) is 15.7. The van der Waals surface area contributed by atoms with Crippen LogP contribution in [0.25, 0.3) is 22.5 Å². The van der Waals surface area contributed by atoms with Crippen LogP contribution in [0.2, 0.25) is 0 Å². The predicted molar refractivity (Wildman–Crippen MR) is 109 cm³/mol. The Hall–Kier alpha value is -4.20. The summed E-state index contributed by atoms with van der Waals surface area (Å²) in [5.74, 6) is 0.357. The van der Waals surface area contributed by atoms with Gasteiger partial charge in [0, 0.05) is 35.6 Å². The Morgan fingerprint density at radius 3 is 2.63 bits per heavy atom. The van der Waals surface area contributed by atoms with Crippen molar-refractivity contribution in [1.82, 2.24) is 15.1 Å². The Balaban J connectivity index is 1.34. The van der Waals surface area contributed by atoms with E-state index in [-0.39, 0.29) is 5.91 Å². The summed E-state index contributed by atoms with van der Waals surface area (Å²) in [6.07, 6.45) is 4.15. The fraction of sp³-hybridized carbons (Fsp3) is 0.0909. The van der Waals surface area contributed by atoms with Gasteiger partial charge in [-0.05, 0) is 53.6 Å². The number of carbonyl (C=O) groups excluding carboxylic acids is 1. The van der Waals surface area contributed by atoms with Gasteiger partial charge >= 0.3 is 5.76 Å². The number of aromatic nitrogens is 3. The minimum atomic E-state index is -0.620. The van der Waals surface area contributed by atoms with E-state index < -0.39 is 5.76 Å². The first kappa shape index (κ1) is 17.9. The highest BCUT2D eigenvalue weighted by Gasteiger charge is 2.14. The summed E-state index contributed by atoms with van der Waals surface area (Å²) in [6, 6.07) is 14.7. The number of anilines is 1. The number of pyridine rings is 1. The topological polar surface area (TPSA) is 110 Å². The van der Waals surface area contributed by atoms with Gasteiger partial charge in [0.1, 0.15) is 5.75 Å². The molecule has 0 spiro atoms. The molecule has 0 saturated carbocycles. The van der Waals surface area contributed by atoms with Gasteiger partial charge in [-0.3, -0.25) is 19.3 Å². The van der Waals surface area contributed by atoms with Crippen molar-refractivity contribution in [2.24, 2.45) is 0 Å². The van der Waals surface area contributed by atoms with Gasteiger partial charge in [-0.2, -0.15) is 0 Å². The summed E-state index contributed by atoms with van der Waals surface area (Å²) in [5.41, 5.74) is 4.75. The van der Waals surface area contributed by atoms with Crippen LogP contribution in [-0.4, -0.2) is 27.6 Å². The van der Waals surface area contributed by atoms with Gasteiger partial charge in [0.15, 0.2) is 5.82 Å². The number of hydrogen-bond donors (Lipinski definition) is 2. The number of amides is 1. The van der Waals surface area contributed by atoms with Crippen molar-refractivity contribution in [3.05, 3.63) is 82.6 Å². The summed E-state index contributed by atoms with van der Waals surface area (Å²) in [5, 5.41) is 6.49. The first-order valence-electron chi connectivity index (χ1n) is 9.35. The molecule has 1 aliphatic heterocycles. The molecule has 0 radical (unpaired) electrons. The minimum absolute atomic E-state index is 0.267. The van der Waals surface area contributed by atoms with Crippen LogP contribution < -0.4 is 15.8 Å². The number of benzene rings is 2. The second-order valence-electron chi connectivity index (χ2n) is 6.86. The Kier molecular flexibility index (Phi) is 4.36. The average Bonchev–Trinajstić information content (AvgIpc) is 3.42. The number of H-pyrrole nitrogens is 1. The fourth-order valence-electron chi connectivity index (χ4n) is 3.36. The molecule has 0 bridgehead atoms. The smallest absolute Gasteiger partial charge is 0.439 e. The van der Waals surface area contributed by atoms with Crippen molar-refractivity contribution in [1.29, 1.82) is 0 Å². The van der Waals surface area contributed by atoms with Crippen LogP contribution in [0.1, 0.15) is 15.9 Å². The largest absolute Gasteiger partial charge is 0.493 e. The second-order valence-corrected chi connectivity index (χ2v) is 6.86. The van der Waals surface area contributed by atoms with Crippen LogP contribution in [0.15, 0.2) is 70.2 Å². The van der Waals surface area contributed by atoms with Gasteiger partial charge in [0.25, 0.3) is 5.91 Å². The molecule has 5 rings (SSSR count).